The van der Waals surface area contributed by atoms with Crippen LogP contribution >= 0.6 is 0 Å². The average molecular weight is 380 g/mol. The molecule has 2 aromatic carbocycles. The van der Waals surface area contributed by atoms with Crippen LogP contribution in [0.3, 0.4) is 0 Å². The molecule has 3 rings (SSSR count). The zero-order valence-electron chi connectivity index (χ0n) is 15.7. The van der Waals surface area contributed by atoms with E-state index < -0.39 is 11.7 Å². The summed E-state index contributed by atoms with van der Waals surface area (Å²) in [7, 11) is 0. The number of nitrogens with one attached hydrogen (secondary N) is 1. The van der Waals surface area contributed by atoms with Crippen molar-refractivity contribution in [2.75, 3.05) is 5.73 Å². The van der Waals surface area contributed by atoms with Gasteiger partial charge in [-0.1, -0.05) is 32.4 Å². The van der Waals surface area contributed by atoms with Crippen LogP contribution in [0.5, 0.6) is 0 Å². The van der Waals surface area contributed by atoms with Gasteiger partial charge in [0.15, 0.2) is 12.2 Å². The van der Waals surface area contributed by atoms with E-state index in [1.807, 2.05) is 6.07 Å². The fourth-order valence-corrected chi connectivity index (χ4v) is 2.30. The van der Waals surface area contributed by atoms with Gasteiger partial charge in [0.05, 0.1) is 23.4 Å². The van der Waals surface area contributed by atoms with E-state index in [0.29, 0.717) is 16.9 Å². The first-order valence-corrected chi connectivity index (χ1v) is 8.75. The Kier molecular flexibility index (Phi) is 7.28. The number of nitrogens with zero attached hydrogens (tertiary/aromatic N) is 2. The number of nitrogen functional groups attached to an aromatic ring is 1. The van der Waals surface area contributed by atoms with Gasteiger partial charge in [-0.05, 0) is 29.8 Å². The lowest BCUT2D eigenvalue weighted by Crippen LogP contribution is -2.24. The number of oxazole rings is 1. The molecule has 1 heterocycles. The lowest BCUT2D eigenvalue weighted by Gasteiger charge is -2.09. The average Bonchev–Trinajstić information content (AvgIpc) is 3.23. The molecule has 144 valence electrons. The Hall–Kier alpha value is -3.66. The maximum Gasteiger partial charge on any atom is 0.254 e. The second-order valence-corrected chi connectivity index (χ2v) is 5.98. The summed E-state index contributed by atoms with van der Waals surface area (Å²) in [6.07, 6.45) is 3.88. The minimum atomic E-state index is -0.710. The maximum absolute atomic E-state index is 14.3. The number of carbonyl (C=O) groups excluding carboxylic acids is 1. The van der Waals surface area contributed by atoms with Crippen molar-refractivity contribution in [2.45, 2.75) is 26.8 Å². The van der Waals surface area contributed by atoms with Gasteiger partial charge in [0.2, 0.25) is 0 Å². The van der Waals surface area contributed by atoms with E-state index in [-0.39, 0.29) is 17.8 Å². The molecule has 3 N–H and O–H groups in total. The second kappa shape index (κ2) is 9.88. The Morgan fingerprint density at radius 2 is 1.96 bits per heavy atom. The number of halogens is 1. The SMILES string of the molecule is CCC.N#Cc1ccc(CNC(=O)c2cc(N)c(-c3cnco3)cc2F)cc1. The number of benzene rings is 2. The Morgan fingerprint density at radius 3 is 2.54 bits per heavy atom. The van der Waals surface area contributed by atoms with Gasteiger partial charge >= 0.3 is 0 Å². The van der Waals surface area contributed by atoms with E-state index in [1.54, 1.807) is 24.3 Å². The van der Waals surface area contributed by atoms with Crippen LogP contribution in [0.25, 0.3) is 11.3 Å². The lowest BCUT2D eigenvalue weighted by molar-refractivity contribution is 0.0947. The Balaban J connectivity index is 0.000000878. The first-order chi connectivity index (χ1) is 13.5. The largest absolute Gasteiger partial charge is 0.443 e. The molecule has 0 aliphatic carbocycles. The molecular weight excluding hydrogens is 359 g/mol. The molecule has 0 spiro atoms. The van der Waals surface area contributed by atoms with Crippen LogP contribution in [-0.4, -0.2) is 10.9 Å². The zero-order valence-corrected chi connectivity index (χ0v) is 15.7. The summed E-state index contributed by atoms with van der Waals surface area (Å²) in [4.78, 5) is 16.0. The molecule has 0 aliphatic heterocycles. The Morgan fingerprint density at radius 1 is 1.29 bits per heavy atom. The number of hydrogen-bond acceptors (Lipinski definition) is 5. The fraction of sp³-hybridized carbons (Fsp3) is 0.190. The third-order valence-corrected chi connectivity index (χ3v) is 3.62. The van der Waals surface area contributed by atoms with E-state index in [9.17, 15) is 9.18 Å². The molecule has 0 radical (unpaired) electrons. The number of rotatable bonds is 4. The minimum Gasteiger partial charge on any atom is -0.443 e. The molecule has 1 amide bonds. The van der Waals surface area contributed by atoms with E-state index >= 15 is 0 Å². The van der Waals surface area contributed by atoms with Crippen LogP contribution in [0, 0.1) is 17.1 Å². The molecule has 0 unspecified atom stereocenters. The number of carbonyl (C=O) groups is 1. The molecule has 1 aromatic heterocycles. The van der Waals surface area contributed by atoms with E-state index in [0.717, 1.165) is 11.6 Å². The molecule has 6 nitrogen and oxygen atoms in total. The molecule has 7 heteroatoms. The van der Waals surface area contributed by atoms with Crippen LogP contribution in [0.4, 0.5) is 10.1 Å². The summed E-state index contributed by atoms with van der Waals surface area (Å²) in [6, 6.07) is 11.2. The highest BCUT2D eigenvalue weighted by molar-refractivity contribution is 5.96. The van der Waals surface area contributed by atoms with Gasteiger partial charge in [0.25, 0.3) is 5.91 Å². The van der Waals surface area contributed by atoms with Crippen LogP contribution < -0.4 is 11.1 Å². The van der Waals surface area contributed by atoms with Crippen molar-refractivity contribution >= 4 is 11.6 Å². The summed E-state index contributed by atoms with van der Waals surface area (Å²) in [6.45, 7) is 4.45. The number of nitriles is 1. The van der Waals surface area contributed by atoms with Crippen molar-refractivity contribution in [3.63, 3.8) is 0 Å². The predicted molar refractivity (Wildman–Crippen MR) is 105 cm³/mol. The maximum atomic E-state index is 14.3. The normalized spacial score (nSPS) is 9.79. The molecule has 3 aromatic rings. The Bertz CT molecular complexity index is 961. The van der Waals surface area contributed by atoms with Gasteiger partial charge < -0.3 is 15.5 Å². The predicted octanol–water partition coefficient (Wildman–Crippen LogP) is 4.28. The smallest absolute Gasteiger partial charge is 0.254 e. The molecule has 0 bridgehead atoms. The quantitative estimate of drug-likeness (QED) is 0.657. The molecule has 28 heavy (non-hydrogen) atoms. The number of hydrogen-bond donors (Lipinski definition) is 2. The topological polar surface area (TPSA) is 105 Å². The molecule has 0 saturated carbocycles. The standard InChI is InChI=1S/C18H13FN4O2.C3H8/c19-15-5-14(17-9-22-10-25-17)16(21)6-13(15)18(24)23-8-12-3-1-11(7-20)2-4-12;1-3-2/h1-6,9-10H,8,21H2,(H,23,24);3H2,1-2H3. The lowest BCUT2D eigenvalue weighted by atomic mass is 10.1. The minimum absolute atomic E-state index is 0.158. The Labute approximate surface area is 162 Å². The molecule has 0 saturated heterocycles. The summed E-state index contributed by atoms with van der Waals surface area (Å²) in [5, 5.41) is 11.4. The van der Waals surface area contributed by atoms with Crippen LogP contribution in [0.15, 0.2) is 53.4 Å². The summed E-state index contributed by atoms with van der Waals surface area (Å²) in [5.41, 5.74) is 7.59. The second-order valence-electron chi connectivity index (χ2n) is 5.98. The highest BCUT2D eigenvalue weighted by Crippen LogP contribution is 2.28. The van der Waals surface area contributed by atoms with E-state index in [1.165, 1.54) is 25.1 Å². The van der Waals surface area contributed by atoms with Crippen molar-refractivity contribution in [3.05, 3.63) is 71.5 Å². The summed E-state index contributed by atoms with van der Waals surface area (Å²) in [5.74, 6) is -0.975. The number of amides is 1. The molecular formula is C21H21FN4O2. The van der Waals surface area contributed by atoms with Gasteiger partial charge in [-0.15, -0.1) is 0 Å². The highest BCUT2D eigenvalue weighted by Gasteiger charge is 2.17. The molecule has 0 atom stereocenters. The first kappa shape index (κ1) is 20.6. The van der Waals surface area contributed by atoms with Crippen molar-refractivity contribution in [2.24, 2.45) is 0 Å². The highest BCUT2D eigenvalue weighted by atomic mass is 19.1. The summed E-state index contributed by atoms with van der Waals surface area (Å²) < 4.78 is 19.4. The fourth-order valence-electron chi connectivity index (χ4n) is 2.30. The molecule has 0 aliphatic rings. The van der Waals surface area contributed by atoms with Crippen LogP contribution in [0.1, 0.15) is 41.8 Å². The van der Waals surface area contributed by atoms with Crippen molar-refractivity contribution < 1.29 is 13.6 Å². The van der Waals surface area contributed by atoms with Crippen molar-refractivity contribution in [3.8, 4) is 17.4 Å². The number of nitrogens with two attached hydrogens (primary N) is 1. The van der Waals surface area contributed by atoms with Gasteiger partial charge in [-0.2, -0.15) is 5.26 Å². The van der Waals surface area contributed by atoms with Gasteiger partial charge in [-0.25, -0.2) is 9.37 Å². The van der Waals surface area contributed by atoms with Gasteiger partial charge in [-0.3, -0.25) is 4.79 Å². The van der Waals surface area contributed by atoms with Crippen LogP contribution in [0.2, 0.25) is 0 Å². The summed E-state index contributed by atoms with van der Waals surface area (Å²) >= 11 is 0. The van der Waals surface area contributed by atoms with E-state index in [2.05, 4.69) is 24.1 Å². The number of anilines is 1. The van der Waals surface area contributed by atoms with Gasteiger partial charge in [0.1, 0.15) is 5.82 Å². The van der Waals surface area contributed by atoms with Gasteiger partial charge in [0, 0.05) is 17.8 Å². The van der Waals surface area contributed by atoms with Crippen molar-refractivity contribution in [1.29, 1.82) is 5.26 Å². The number of aromatic nitrogens is 1. The third kappa shape index (κ3) is 5.17. The third-order valence-electron chi connectivity index (χ3n) is 3.62. The first-order valence-electron chi connectivity index (χ1n) is 8.75. The van der Waals surface area contributed by atoms with Crippen LogP contribution in [-0.2, 0) is 6.54 Å². The monoisotopic (exact) mass is 380 g/mol. The molecule has 0 fully saturated rings. The van der Waals surface area contributed by atoms with Crippen molar-refractivity contribution in [1.82, 2.24) is 10.3 Å². The zero-order chi connectivity index (χ0) is 20.5. The van der Waals surface area contributed by atoms with E-state index in [4.69, 9.17) is 15.4 Å².